The molecule has 0 amide bonds. The van der Waals surface area contributed by atoms with E-state index in [2.05, 4.69) is 0 Å². The van der Waals surface area contributed by atoms with Gasteiger partial charge in [-0.2, -0.15) is 0 Å². The predicted molar refractivity (Wildman–Crippen MR) is 70.8 cm³/mol. The highest BCUT2D eigenvalue weighted by Crippen LogP contribution is 2.30. The summed E-state index contributed by atoms with van der Waals surface area (Å²) in [5.41, 5.74) is 0. The molecular weight excluding hydrogens is 244 g/mol. The summed E-state index contributed by atoms with van der Waals surface area (Å²) in [5, 5.41) is 0. The topological polar surface area (TPSA) is 55.9 Å². The first-order chi connectivity index (χ1) is 9.25. The number of ketones is 1. The first-order valence-electron chi connectivity index (χ1n) is 7.58. The Morgan fingerprint density at radius 3 is 2.42 bits per heavy atom. The number of ether oxygens (including phenoxy) is 2. The van der Waals surface area contributed by atoms with Gasteiger partial charge in [0, 0.05) is 25.7 Å². The Kier molecular flexibility index (Phi) is 5.83. The van der Waals surface area contributed by atoms with Gasteiger partial charge in [0.25, 0.3) is 0 Å². The van der Waals surface area contributed by atoms with Crippen molar-refractivity contribution in [1.29, 1.82) is 0 Å². The lowest BCUT2D eigenvalue weighted by Gasteiger charge is -2.05. The van der Waals surface area contributed by atoms with Crippen LogP contribution in [-0.4, -0.2) is 30.6 Å². The lowest BCUT2D eigenvalue weighted by molar-refractivity contribution is -0.143. The van der Waals surface area contributed by atoms with Crippen LogP contribution in [0.25, 0.3) is 0 Å². The molecule has 108 valence electrons. The van der Waals surface area contributed by atoms with Crippen LogP contribution in [0.4, 0.5) is 0 Å². The number of hydrogen-bond donors (Lipinski definition) is 0. The standard InChI is InChI=1S/C15H24O4/c16-12-6-3-1-2-4-8-13-14(19-13)10-11-18-15(17)9-5-7-12/h13-14H,1-11H2. The maximum Gasteiger partial charge on any atom is 0.305 e. The third-order valence-corrected chi connectivity index (χ3v) is 3.88. The predicted octanol–water partition coefficient (Wildman–Crippen LogP) is 2.78. The Morgan fingerprint density at radius 1 is 0.789 bits per heavy atom. The molecule has 0 radical (unpaired) electrons. The molecule has 2 aliphatic heterocycles. The van der Waals surface area contributed by atoms with Gasteiger partial charge in [0.05, 0.1) is 18.8 Å². The number of esters is 1. The van der Waals surface area contributed by atoms with Crippen molar-refractivity contribution >= 4 is 11.8 Å². The highest BCUT2D eigenvalue weighted by Gasteiger charge is 2.37. The molecule has 4 heteroatoms. The van der Waals surface area contributed by atoms with E-state index in [1.807, 2.05) is 0 Å². The number of cyclic esters (lactones) is 1. The van der Waals surface area contributed by atoms with Crippen molar-refractivity contribution in [2.45, 2.75) is 76.4 Å². The van der Waals surface area contributed by atoms with Crippen molar-refractivity contribution in [3.05, 3.63) is 0 Å². The minimum Gasteiger partial charge on any atom is -0.466 e. The molecule has 0 N–H and O–H groups in total. The maximum atomic E-state index is 11.6. The Bertz CT molecular complexity index is 313. The molecule has 0 aliphatic carbocycles. The molecule has 2 saturated heterocycles. The molecule has 0 aromatic heterocycles. The van der Waals surface area contributed by atoms with Crippen LogP contribution in [0.5, 0.6) is 0 Å². The van der Waals surface area contributed by atoms with Crippen LogP contribution in [-0.2, 0) is 19.1 Å². The summed E-state index contributed by atoms with van der Waals surface area (Å²) >= 11 is 0. The van der Waals surface area contributed by atoms with Gasteiger partial charge in [-0.3, -0.25) is 9.59 Å². The number of carbonyl (C=O) groups excluding carboxylic acids is 2. The number of fused-ring (bicyclic) bond motifs is 1. The molecule has 2 aliphatic rings. The highest BCUT2D eigenvalue weighted by molar-refractivity contribution is 5.79. The van der Waals surface area contributed by atoms with Gasteiger partial charge in [-0.25, -0.2) is 0 Å². The summed E-state index contributed by atoms with van der Waals surface area (Å²) in [7, 11) is 0. The van der Waals surface area contributed by atoms with Crippen LogP contribution < -0.4 is 0 Å². The molecule has 2 unspecified atom stereocenters. The molecule has 0 saturated carbocycles. The van der Waals surface area contributed by atoms with Crippen molar-refractivity contribution in [2.75, 3.05) is 6.61 Å². The molecule has 19 heavy (non-hydrogen) atoms. The second-order valence-corrected chi connectivity index (χ2v) is 5.57. The van der Waals surface area contributed by atoms with E-state index in [9.17, 15) is 9.59 Å². The van der Waals surface area contributed by atoms with E-state index in [4.69, 9.17) is 9.47 Å². The lowest BCUT2D eigenvalue weighted by atomic mass is 10.0. The maximum absolute atomic E-state index is 11.6. The Labute approximate surface area is 114 Å². The van der Waals surface area contributed by atoms with E-state index in [1.54, 1.807) is 0 Å². The van der Waals surface area contributed by atoms with Crippen molar-refractivity contribution < 1.29 is 19.1 Å². The zero-order valence-electron chi connectivity index (χ0n) is 11.6. The number of rotatable bonds is 0. The summed E-state index contributed by atoms with van der Waals surface area (Å²) in [6.45, 7) is 0.452. The van der Waals surface area contributed by atoms with Crippen molar-refractivity contribution in [1.82, 2.24) is 0 Å². The molecule has 2 rings (SSSR count). The van der Waals surface area contributed by atoms with Gasteiger partial charge in [0.2, 0.25) is 0 Å². The van der Waals surface area contributed by atoms with E-state index in [0.29, 0.717) is 44.5 Å². The molecule has 0 aromatic rings. The molecule has 0 spiro atoms. The second kappa shape index (κ2) is 7.63. The van der Waals surface area contributed by atoms with E-state index < -0.39 is 0 Å². The van der Waals surface area contributed by atoms with Crippen LogP contribution >= 0.6 is 0 Å². The molecule has 2 heterocycles. The van der Waals surface area contributed by atoms with Gasteiger partial charge in [0.1, 0.15) is 5.78 Å². The molecule has 4 nitrogen and oxygen atoms in total. The molecular formula is C15H24O4. The van der Waals surface area contributed by atoms with Crippen molar-refractivity contribution in [2.24, 2.45) is 0 Å². The molecule has 2 fully saturated rings. The zero-order valence-corrected chi connectivity index (χ0v) is 11.6. The monoisotopic (exact) mass is 268 g/mol. The Balaban J connectivity index is 1.71. The van der Waals surface area contributed by atoms with Gasteiger partial charge in [-0.1, -0.05) is 19.3 Å². The zero-order chi connectivity index (χ0) is 13.5. The SMILES string of the molecule is O=C1CCCCCCC2OC2CCOC(=O)CCC1. The van der Waals surface area contributed by atoms with Crippen LogP contribution in [0, 0.1) is 0 Å². The third-order valence-electron chi connectivity index (χ3n) is 3.88. The normalized spacial score (nSPS) is 31.4. The fourth-order valence-electron chi connectivity index (χ4n) is 2.62. The van der Waals surface area contributed by atoms with E-state index in [-0.39, 0.29) is 11.8 Å². The van der Waals surface area contributed by atoms with Gasteiger partial charge >= 0.3 is 5.97 Å². The molecule has 2 atom stereocenters. The Hall–Kier alpha value is -0.900. The summed E-state index contributed by atoms with van der Waals surface area (Å²) in [6.07, 6.45) is 9.26. The fraction of sp³-hybridized carbons (Fsp3) is 0.867. The number of carbonyl (C=O) groups is 2. The summed E-state index contributed by atoms with van der Waals surface area (Å²) in [6, 6.07) is 0. The number of epoxide rings is 1. The van der Waals surface area contributed by atoms with Crippen LogP contribution in [0.2, 0.25) is 0 Å². The van der Waals surface area contributed by atoms with Crippen molar-refractivity contribution in [3.8, 4) is 0 Å². The summed E-state index contributed by atoms with van der Waals surface area (Å²) in [4.78, 5) is 23.0. The smallest absolute Gasteiger partial charge is 0.305 e. The second-order valence-electron chi connectivity index (χ2n) is 5.57. The first-order valence-corrected chi connectivity index (χ1v) is 7.58. The quantitative estimate of drug-likeness (QED) is 0.501. The summed E-state index contributed by atoms with van der Waals surface area (Å²) < 4.78 is 10.7. The number of hydrogen-bond acceptors (Lipinski definition) is 4. The average molecular weight is 268 g/mol. The minimum absolute atomic E-state index is 0.183. The van der Waals surface area contributed by atoms with Crippen LogP contribution in [0.15, 0.2) is 0 Å². The van der Waals surface area contributed by atoms with Crippen LogP contribution in [0.1, 0.15) is 64.2 Å². The van der Waals surface area contributed by atoms with Crippen LogP contribution in [0.3, 0.4) is 0 Å². The molecule has 0 bridgehead atoms. The number of Topliss-reactive ketones (excluding diaryl/α,β-unsaturated/α-hetero) is 1. The van der Waals surface area contributed by atoms with Gasteiger partial charge in [-0.15, -0.1) is 0 Å². The minimum atomic E-state index is -0.183. The third kappa shape index (κ3) is 5.72. The fourth-order valence-corrected chi connectivity index (χ4v) is 2.62. The van der Waals surface area contributed by atoms with Gasteiger partial charge in [0.15, 0.2) is 0 Å². The summed E-state index contributed by atoms with van der Waals surface area (Å²) in [5.74, 6) is 0.0996. The largest absolute Gasteiger partial charge is 0.466 e. The van der Waals surface area contributed by atoms with E-state index >= 15 is 0 Å². The van der Waals surface area contributed by atoms with Crippen molar-refractivity contribution in [3.63, 3.8) is 0 Å². The molecule has 0 aromatic carbocycles. The van der Waals surface area contributed by atoms with E-state index in [0.717, 1.165) is 25.7 Å². The Morgan fingerprint density at radius 2 is 1.53 bits per heavy atom. The lowest BCUT2D eigenvalue weighted by Crippen LogP contribution is -2.09. The first kappa shape index (κ1) is 14.5. The van der Waals surface area contributed by atoms with Gasteiger partial charge < -0.3 is 9.47 Å². The van der Waals surface area contributed by atoms with Gasteiger partial charge in [-0.05, 0) is 19.3 Å². The highest BCUT2D eigenvalue weighted by atomic mass is 16.6. The average Bonchev–Trinajstić information content (AvgIpc) is 3.11. The van der Waals surface area contributed by atoms with E-state index in [1.165, 1.54) is 12.8 Å².